The Labute approximate surface area is 120 Å². The molecule has 2 heteroatoms. The molecule has 0 amide bonds. The maximum Gasteiger partial charge on any atom is 0.185 e. The van der Waals surface area contributed by atoms with Crippen molar-refractivity contribution in [1.29, 1.82) is 0 Å². The molecule has 1 N–H and O–H groups in total. The number of carbonyl (C=O) groups is 1. The maximum atomic E-state index is 12.1. The number of phenolic OH excluding ortho intramolecular Hbond substituents is 1. The van der Waals surface area contributed by atoms with Crippen LogP contribution < -0.4 is 0 Å². The second kappa shape index (κ2) is 5.66. The van der Waals surface area contributed by atoms with E-state index in [0.29, 0.717) is 5.56 Å². The maximum absolute atomic E-state index is 12.1. The Morgan fingerprint density at radius 3 is 2.50 bits per heavy atom. The first-order valence-electron chi connectivity index (χ1n) is 7.12. The van der Waals surface area contributed by atoms with Crippen molar-refractivity contribution in [2.24, 2.45) is 5.41 Å². The highest BCUT2D eigenvalue weighted by atomic mass is 16.3. The molecule has 2 nitrogen and oxygen atoms in total. The fraction of sp³-hybridized carbons (Fsp3) is 0.389. The first-order chi connectivity index (χ1) is 9.40. The Morgan fingerprint density at radius 1 is 1.25 bits per heavy atom. The Bertz CT molecular complexity index is 560. The van der Waals surface area contributed by atoms with E-state index in [1.54, 1.807) is 18.2 Å². The molecule has 2 rings (SSSR count). The first-order valence-corrected chi connectivity index (χ1v) is 7.12. The molecule has 20 heavy (non-hydrogen) atoms. The van der Waals surface area contributed by atoms with Crippen LogP contribution >= 0.6 is 0 Å². The highest BCUT2D eigenvalue weighted by Gasteiger charge is 2.26. The second-order valence-corrected chi connectivity index (χ2v) is 6.18. The third kappa shape index (κ3) is 3.19. The smallest absolute Gasteiger partial charge is 0.185 e. The molecular weight excluding hydrogens is 248 g/mol. The minimum atomic E-state index is -0.0216. The van der Waals surface area contributed by atoms with Gasteiger partial charge in [0.2, 0.25) is 0 Å². The molecule has 0 aliphatic heterocycles. The number of ketones is 1. The summed E-state index contributed by atoms with van der Waals surface area (Å²) < 4.78 is 0. The highest BCUT2D eigenvalue weighted by Crippen LogP contribution is 2.40. The molecular formula is C18H22O2. The van der Waals surface area contributed by atoms with Crippen LogP contribution in [0.3, 0.4) is 0 Å². The summed E-state index contributed by atoms with van der Waals surface area (Å²) in [5, 5.41) is 9.24. The number of hydrogen-bond acceptors (Lipinski definition) is 2. The SMILES string of the molecule is CC1=C(/C=C/C(=O)c2ccc(O)cc2)C(C)(C)CCC1. The fourth-order valence-electron chi connectivity index (χ4n) is 2.89. The van der Waals surface area contributed by atoms with E-state index >= 15 is 0 Å². The van der Waals surface area contributed by atoms with E-state index in [2.05, 4.69) is 20.8 Å². The van der Waals surface area contributed by atoms with Gasteiger partial charge in [-0.2, -0.15) is 0 Å². The average molecular weight is 270 g/mol. The van der Waals surface area contributed by atoms with Gasteiger partial charge in [-0.1, -0.05) is 25.5 Å². The third-order valence-electron chi connectivity index (χ3n) is 4.10. The van der Waals surface area contributed by atoms with E-state index in [-0.39, 0.29) is 16.9 Å². The van der Waals surface area contributed by atoms with E-state index in [4.69, 9.17) is 0 Å². The molecule has 0 spiro atoms. The fourth-order valence-corrected chi connectivity index (χ4v) is 2.89. The minimum absolute atomic E-state index is 0.0216. The van der Waals surface area contributed by atoms with Gasteiger partial charge in [0.05, 0.1) is 0 Å². The van der Waals surface area contributed by atoms with Crippen molar-refractivity contribution >= 4 is 5.78 Å². The zero-order valence-electron chi connectivity index (χ0n) is 12.4. The lowest BCUT2D eigenvalue weighted by Crippen LogP contribution is -2.19. The van der Waals surface area contributed by atoms with Crippen molar-refractivity contribution in [3.05, 3.63) is 53.1 Å². The lowest BCUT2D eigenvalue weighted by Gasteiger charge is -2.32. The van der Waals surface area contributed by atoms with E-state index in [0.717, 1.165) is 12.8 Å². The molecule has 106 valence electrons. The molecule has 0 bridgehead atoms. The summed E-state index contributed by atoms with van der Waals surface area (Å²) in [5.41, 5.74) is 3.42. The molecule has 0 saturated carbocycles. The van der Waals surface area contributed by atoms with Crippen molar-refractivity contribution in [2.75, 3.05) is 0 Å². The monoisotopic (exact) mass is 270 g/mol. The van der Waals surface area contributed by atoms with Gasteiger partial charge in [-0.15, -0.1) is 0 Å². The number of phenols is 1. The van der Waals surface area contributed by atoms with Crippen molar-refractivity contribution in [1.82, 2.24) is 0 Å². The van der Waals surface area contributed by atoms with Crippen molar-refractivity contribution in [3.8, 4) is 5.75 Å². The molecule has 1 aromatic rings. The lowest BCUT2D eigenvalue weighted by atomic mass is 9.72. The van der Waals surface area contributed by atoms with Crippen LogP contribution in [-0.2, 0) is 0 Å². The Hall–Kier alpha value is -1.83. The zero-order chi connectivity index (χ0) is 14.8. The summed E-state index contributed by atoms with van der Waals surface area (Å²) >= 11 is 0. The number of aromatic hydroxyl groups is 1. The molecule has 0 saturated heterocycles. The van der Waals surface area contributed by atoms with Gasteiger partial charge in [0.15, 0.2) is 5.78 Å². The summed E-state index contributed by atoms with van der Waals surface area (Å²) in [6, 6.07) is 6.37. The van der Waals surface area contributed by atoms with Crippen molar-refractivity contribution < 1.29 is 9.90 Å². The van der Waals surface area contributed by atoms with E-state index in [9.17, 15) is 9.90 Å². The second-order valence-electron chi connectivity index (χ2n) is 6.18. The van der Waals surface area contributed by atoms with Crippen LogP contribution in [0.5, 0.6) is 5.75 Å². The predicted octanol–water partition coefficient (Wildman–Crippen LogP) is 4.66. The molecule has 0 fully saturated rings. The molecule has 0 aromatic heterocycles. The van der Waals surface area contributed by atoms with Crippen LogP contribution in [0.1, 0.15) is 50.4 Å². The van der Waals surface area contributed by atoms with Crippen LogP contribution in [0.25, 0.3) is 0 Å². The average Bonchev–Trinajstić information content (AvgIpc) is 2.38. The van der Waals surface area contributed by atoms with Gasteiger partial charge in [0.1, 0.15) is 5.75 Å². The Morgan fingerprint density at radius 2 is 1.90 bits per heavy atom. The van der Waals surface area contributed by atoms with Gasteiger partial charge in [-0.05, 0) is 67.5 Å². The predicted molar refractivity (Wildman–Crippen MR) is 81.9 cm³/mol. The van der Waals surface area contributed by atoms with E-state index in [1.807, 2.05) is 6.08 Å². The van der Waals surface area contributed by atoms with Crippen LogP contribution in [-0.4, -0.2) is 10.9 Å². The first kappa shape index (κ1) is 14.6. The summed E-state index contributed by atoms with van der Waals surface area (Å²) in [7, 11) is 0. The third-order valence-corrected chi connectivity index (χ3v) is 4.10. The van der Waals surface area contributed by atoms with Crippen molar-refractivity contribution in [2.45, 2.75) is 40.0 Å². The van der Waals surface area contributed by atoms with E-state index < -0.39 is 0 Å². The quantitative estimate of drug-likeness (QED) is 0.640. The number of allylic oxidation sites excluding steroid dienone is 4. The Balaban J connectivity index is 2.20. The van der Waals surface area contributed by atoms with E-state index in [1.165, 1.54) is 29.7 Å². The van der Waals surface area contributed by atoms with Crippen LogP contribution in [0.4, 0.5) is 0 Å². The van der Waals surface area contributed by atoms with Gasteiger partial charge in [-0.25, -0.2) is 0 Å². The van der Waals surface area contributed by atoms with Gasteiger partial charge in [0, 0.05) is 5.56 Å². The molecule has 1 aliphatic carbocycles. The number of benzene rings is 1. The summed E-state index contributed by atoms with van der Waals surface area (Å²) in [6.07, 6.45) is 7.14. The molecule has 0 unspecified atom stereocenters. The van der Waals surface area contributed by atoms with Gasteiger partial charge >= 0.3 is 0 Å². The van der Waals surface area contributed by atoms with Gasteiger partial charge < -0.3 is 5.11 Å². The van der Waals surface area contributed by atoms with Gasteiger partial charge in [0.25, 0.3) is 0 Å². The van der Waals surface area contributed by atoms with Crippen LogP contribution in [0.15, 0.2) is 47.6 Å². The minimum Gasteiger partial charge on any atom is -0.508 e. The number of carbonyl (C=O) groups excluding carboxylic acids is 1. The molecule has 1 aromatic carbocycles. The molecule has 0 heterocycles. The highest BCUT2D eigenvalue weighted by molar-refractivity contribution is 6.04. The van der Waals surface area contributed by atoms with Gasteiger partial charge in [-0.3, -0.25) is 4.79 Å². The van der Waals surface area contributed by atoms with Crippen molar-refractivity contribution in [3.63, 3.8) is 0 Å². The standard InChI is InChI=1S/C18H22O2/c1-13-5-4-12-18(2,3)16(13)10-11-17(20)14-6-8-15(19)9-7-14/h6-11,19H,4-5,12H2,1-3H3/b11-10+. The molecule has 0 radical (unpaired) electrons. The normalized spacial score (nSPS) is 18.6. The molecule has 1 aliphatic rings. The Kier molecular flexibility index (Phi) is 4.12. The topological polar surface area (TPSA) is 37.3 Å². The van der Waals surface area contributed by atoms with Crippen LogP contribution in [0, 0.1) is 5.41 Å². The summed E-state index contributed by atoms with van der Waals surface area (Å²) in [6.45, 7) is 6.63. The molecule has 0 atom stereocenters. The zero-order valence-corrected chi connectivity index (χ0v) is 12.4. The summed E-state index contributed by atoms with van der Waals surface area (Å²) in [4.78, 5) is 12.1. The largest absolute Gasteiger partial charge is 0.508 e. The number of hydrogen-bond donors (Lipinski definition) is 1. The summed E-state index contributed by atoms with van der Waals surface area (Å²) in [5.74, 6) is 0.157. The van der Waals surface area contributed by atoms with Crippen LogP contribution in [0.2, 0.25) is 0 Å². The lowest BCUT2D eigenvalue weighted by molar-refractivity contribution is 0.104. The number of rotatable bonds is 3.